The quantitative estimate of drug-likeness (QED) is 0.935. The van der Waals surface area contributed by atoms with E-state index in [-0.39, 0.29) is 6.04 Å². The monoisotopic (exact) mass is 330 g/mol. The number of hydrogen-bond donors (Lipinski definition) is 1. The average molecular weight is 331 g/mol. The van der Waals surface area contributed by atoms with Gasteiger partial charge in [0.25, 0.3) is 0 Å². The first-order valence-electron chi connectivity index (χ1n) is 5.68. The van der Waals surface area contributed by atoms with E-state index in [4.69, 9.17) is 0 Å². The van der Waals surface area contributed by atoms with Gasteiger partial charge in [0.1, 0.15) is 11.6 Å². The summed E-state index contributed by atoms with van der Waals surface area (Å²) >= 11 is 3.32. The SMILES string of the molecule is CNC(Cc1cc(F)cc(F)c1)c1c(Br)nnn1C. The Labute approximate surface area is 117 Å². The molecule has 0 bridgehead atoms. The molecule has 7 heteroatoms. The molecule has 1 aromatic carbocycles. The third kappa shape index (κ3) is 3.16. The van der Waals surface area contributed by atoms with Gasteiger partial charge in [-0.05, 0) is 47.1 Å². The van der Waals surface area contributed by atoms with Crippen molar-refractivity contribution >= 4 is 15.9 Å². The molecule has 2 rings (SSSR count). The van der Waals surface area contributed by atoms with Gasteiger partial charge in [0.05, 0.1) is 11.7 Å². The van der Waals surface area contributed by atoms with E-state index in [0.717, 1.165) is 11.8 Å². The highest BCUT2D eigenvalue weighted by molar-refractivity contribution is 9.10. The lowest BCUT2D eigenvalue weighted by molar-refractivity contribution is 0.526. The van der Waals surface area contributed by atoms with Gasteiger partial charge in [0.2, 0.25) is 0 Å². The number of likely N-dealkylation sites (N-methyl/N-ethyl adjacent to an activating group) is 1. The Bertz CT molecular complexity index is 545. The molecule has 0 amide bonds. The maximum atomic E-state index is 13.2. The van der Waals surface area contributed by atoms with E-state index in [2.05, 4.69) is 31.6 Å². The Hall–Kier alpha value is -1.34. The summed E-state index contributed by atoms with van der Waals surface area (Å²) in [6, 6.07) is 3.37. The number of aromatic nitrogens is 3. The minimum Gasteiger partial charge on any atom is -0.311 e. The lowest BCUT2D eigenvalue weighted by Gasteiger charge is -2.16. The highest BCUT2D eigenvalue weighted by Crippen LogP contribution is 2.24. The molecule has 0 aliphatic carbocycles. The molecule has 0 spiro atoms. The van der Waals surface area contributed by atoms with Gasteiger partial charge >= 0.3 is 0 Å². The summed E-state index contributed by atoms with van der Waals surface area (Å²) in [6.45, 7) is 0. The number of hydrogen-bond acceptors (Lipinski definition) is 3. The van der Waals surface area contributed by atoms with Crippen molar-refractivity contribution in [2.24, 2.45) is 7.05 Å². The lowest BCUT2D eigenvalue weighted by Crippen LogP contribution is -2.22. The van der Waals surface area contributed by atoms with Gasteiger partial charge < -0.3 is 5.32 Å². The standard InChI is InChI=1S/C12H13BrF2N4/c1-16-10(11-12(13)17-18-19(11)2)5-7-3-8(14)6-9(15)4-7/h3-4,6,10,16H,5H2,1-2H3. The maximum Gasteiger partial charge on any atom is 0.153 e. The highest BCUT2D eigenvalue weighted by Gasteiger charge is 2.19. The molecule has 102 valence electrons. The molecule has 1 aromatic heterocycles. The summed E-state index contributed by atoms with van der Waals surface area (Å²) in [4.78, 5) is 0. The molecule has 0 fully saturated rings. The molecule has 0 aliphatic heterocycles. The Morgan fingerprint density at radius 3 is 2.42 bits per heavy atom. The number of rotatable bonds is 4. The fourth-order valence-electron chi connectivity index (χ4n) is 2.01. The van der Waals surface area contributed by atoms with Crippen LogP contribution in [-0.4, -0.2) is 22.0 Å². The van der Waals surface area contributed by atoms with Gasteiger partial charge in [-0.25, -0.2) is 13.5 Å². The molecule has 2 aromatic rings. The zero-order valence-corrected chi connectivity index (χ0v) is 12.1. The van der Waals surface area contributed by atoms with Gasteiger partial charge in [-0.1, -0.05) is 5.21 Å². The number of benzene rings is 1. The van der Waals surface area contributed by atoms with Crippen molar-refractivity contribution in [3.05, 3.63) is 45.7 Å². The second kappa shape index (κ2) is 5.75. The highest BCUT2D eigenvalue weighted by atomic mass is 79.9. The molecular weight excluding hydrogens is 318 g/mol. The topological polar surface area (TPSA) is 42.7 Å². The normalized spacial score (nSPS) is 12.7. The summed E-state index contributed by atoms with van der Waals surface area (Å²) in [5, 5.41) is 10.9. The van der Waals surface area contributed by atoms with Crippen LogP contribution in [0.4, 0.5) is 8.78 Å². The molecule has 0 aliphatic rings. The van der Waals surface area contributed by atoms with Crippen LogP contribution < -0.4 is 5.32 Å². The molecule has 1 heterocycles. The van der Waals surface area contributed by atoms with E-state index < -0.39 is 11.6 Å². The Morgan fingerprint density at radius 2 is 1.95 bits per heavy atom. The second-order valence-electron chi connectivity index (χ2n) is 4.21. The van der Waals surface area contributed by atoms with Crippen molar-refractivity contribution in [3.63, 3.8) is 0 Å². The molecule has 1 N–H and O–H groups in total. The number of nitrogens with one attached hydrogen (secondary N) is 1. The van der Waals surface area contributed by atoms with Crippen LogP contribution in [-0.2, 0) is 13.5 Å². The van der Waals surface area contributed by atoms with Gasteiger partial charge in [-0.15, -0.1) is 5.10 Å². The largest absolute Gasteiger partial charge is 0.311 e. The van der Waals surface area contributed by atoms with Crippen LogP contribution in [0.3, 0.4) is 0 Å². The third-order valence-electron chi connectivity index (χ3n) is 2.87. The Morgan fingerprint density at radius 1 is 1.32 bits per heavy atom. The minimum absolute atomic E-state index is 0.143. The fourth-order valence-corrected chi connectivity index (χ4v) is 2.61. The van der Waals surface area contributed by atoms with Gasteiger partial charge in [-0.3, -0.25) is 0 Å². The molecular formula is C12H13BrF2N4. The van der Waals surface area contributed by atoms with Crippen molar-refractivity contribution < 1.29 is 8.78 Å². The van der Waals surface area contributed by atoms with Crippen LogP contribution in [0.2, 0.25) is 0 Å². The smallest absolute Gasteiger partial charge is 0.153 e. The van der Waals surface area contributed by atoms with Crippen molar-refractivity contribution in [2.75, 3.05) is 7.05 Å². The van der Waals surface area contributed by atoms with Crippen molar-refractivity contribution in [1.82, 2.24) is 20.3 Å². The maximum absolute atomic E-state index is 13.2. The van der Waals surface area contributed by atoms with E-state index in [1.54, 1.807) is 18.8 Å². The average Bonchev–Trinajstić information content (AvgIpc) is 2.65. The number of halogens is 3. The Balaban J connectivity index is 2.29. The summed E-state index contributed by atoms with van der Waals surface area (Å²) in [6.07, 6.45) is 0.436. The minimum atomic E-state index is -0.577. The number of nitrogens with zero attached hydrogens (tertiary/aromatic N) is 3. The summed E-state index contributed by atoms with van der Waals surface area (Å²) in [5.41, 5.74) is 1.40. The van der Waals surface area contributed by atoms with Crippen molar-refractivity contribution in [3.8, 4) is 0 Å². The molecule has 0 saturated carbocycles. The first-order valence-corrected chi connectivity index (χ1v) is 6.48. The van der Waals surface area contributed by atoms with Gasteiger partial charge in [0.15, 0.2) is 4.60 Å². The van der Waals surface area contributed by atoms with Crippen molar-refractivity contribution in [1.29, 1.82) is 0 Å². The molecule has 1 unspecified atom stereocenters. The Kier molecular flexibility index (Phi) is 4.26. The van der Waals surface area contributed by atoms with Gasteiger partial charge in [-0.2, -0.15) is 0 Å². The fraction of sp³-hybridized carbons (Fsp3) is 0.333. The first kappa shape index (κ1) is 14.1. The van der Waals surface area contributed by atoms with Crippen LogP contribution in [0, 0.1) is 11.6 Å². The summed E-state index contributed by atoms with van der Waals surface area (Å²) < 4.78 is 28.6. The van der Waals surface area contributed by atoms with E-state index in [9.17, 15) is 8.78 Å². The first-order chi connectivity index (χ1) is 9.01. The van der Waals surface area contributed by atoms with Gasteiger partial charge in [0, 0.05) is 13.1 Å². The van der Waals surface area contributed by atoms with Crippen LogP contribution in [0.1, 0.15) is 17.3 Å². The molecule has 0 saturated heterocycles. The molecule has 19 heavy (non-hydrogen) atoms. The van der Waals surface area contributed by atoms with E-state index in [1.807, 2.05) is 0 Å². The molecule has 1 atom stereocenters. The van der Waals surface area contributed by atoms with Crippen LogP contribution in [0.25, 0.3) is 0 Å². The second-order valence-corrected chi connectivity index (χ2v) is 4.96. The van der Waals surface area contributed by atoms with E-state index in [0.29, 0.717) is 16.6 Å². The third-order valence-corrected chi connectivity index (χ3v) is 3.43. The van der Waals surface area contributed by atoms with Crippen LogP contribution >= 0.6 is 15.9 Å². The molecule has 4 nitrogen and oxygen atoms in total. The van der Waals surface area contributed by atoms with E-state index >= 15 is 0 Å². The van der Waals surface area contributed by atoms with Crippen molar-refractivity contribution in [2.45, 2.75) is 12.5 Å². The molecule has 0 radical (unpaired) electrons. The van der Waals surface area contributed by atoms with E-state index in [1.165, 1.54) is 12.1 Å². The van der Waals surface area contributed by atoms with Crippen LogP contribution in [0.15, 0.2) is 22.8 Å². The summed E-state index contributed by atoms with van der Waals surface area (Å²) in [7, 11) is 3.54. The predicted octanol–water partition coefficient (Wildman–Crippen LogP) is 2.36. The lowest BCUT2D eigenvalue weighted by atomic mass is 10.0. The predicted molar refractivity (Wildman–Crippen MR) is 70.6 cm³/mol. The summed E-state index contributed by atoms with van der Waals surface area (Å²) in [5.74, 6) is -1.15. The van der Waals surface area contributed by atoms with Crippen LogP contribution in [0.5, 0.6) is 0 Å². The number of aryl methyl sites for hydroxylation is 1. The zero-order chi connectivity index (χ0) is 14.0. The zero-order valence-electron chi connectivity index (χ0n) is 10.5.